The van der Waals surface area contributed by atoms with Gasteiger partial charge in [0.2, 0.25) is 5.91 Å². The number of nitrogens with one attached hydrogen (secondary N) is 2. The number of benzene rings is 1. The number of amides is 2. The predicted octanol–water partition coefficient (Wildman–Crippen LogP) is 2.96. The second-order valence-corrected chi connectivity index (χ2v) is 6.72. The van der Waals surface area contributed by atoms with Crippen LogP contribution in [0.1, 0.15) is 28.9 Å². The summed E-state index contributed by atoms with van der Waals surface area (Å²) in [5, 5.41) is 5.13. The molecule has 28 heavy (non-hydrogen) atoms. The molecule has 0 aliphatic rings. The van der Waals surface area contributed by atoms with E-state index in [1.54, 1.807) is 43.6 Å². The van der Waals surface area contributed by atoms with Crippen molar-refractivity contribution >= 4 is 40.7 Å². The van der Waals surface area contributed by atoms with Crippen molar-refractivity contribution in [3.8, 4) is 5.75 Å². The smallest absolute Gasteiger partial charge is 0.275 e. The number of aryl methyl sites for hydroxylation is 1. The summed E-state index contributed by atoms with van der Waals surface area (Å²) in [4.78, 5) is 28.4. The minimum atomic E-state index is -0.483. The fraction of sp³-hybridized carbons (Fsp3) is 0.222. The molecule has 1 aromatic carbocycles. The Kier molecular flexibility index (Phi) is 6.33. The van der Waals surface area contributed by atoms with Gasteiger partial charge >= 0.3 is 0 Å². The van der Waals surface area contributed by atoms with E-state index in [1.807, 2.05) is 0 Å². The second-order valence-electron chi connectivity index (χ2n) is 5.88. The highest BCUT2D eigenvalue weighted by Crippen LogP contribution is 2.27. The molecule has 0 atom stereocenters. The van der Waals surface area contributed by atoms with Crippen LogP contribution in [0.25, 0.3) is 5.65 Å². The van der Waals surface area contributed by atoms with E-state index < -0.39 is 5.91 Å². The van der Waals surface area contributed by atoms with Crippen molar-refractivity contribution in [2.45, 2.75) is 19.8 Å². The number of hydrogen-bond acceptors (Lipinski definition) is 5. The molecule has 3 aromatic rings. The van der Waals surface area contributed by atoms with Gasteiger partial charge in [-0.3, -0.25) is 20.4 Å². The van der Waals surface area contributed by atoms with Crippen molar-refractivity contribution in [2.75, 3.05) is 6.61 Å². The lowest BCUT2D eigenvalue weighted by Gasteiger charge is -2.09. The molecule has 0 bridgehead atoms. The molecule has 0 saturated heterocycles. The number of ether oxygens (including phenoxy) is 1. The third-order valence-electron chi connectivity index (χ3n) is 3.81. The fourth-order valence-electron chi connectivity index (χ4n) is 2.52. The van der Waals surface area contributed by atoms with E-state index in [4.69, 9.17) is 27.9 Å². The van der Waals surface area contributed by atoms with Gasteiger partial charge in [-0.05, 0) is 37.6 Å². The molecule has 10 heteroatoms. The second kappa shape index (κ2) is 8.90. The molecule has 0 fully saturated rings. The molecular formula is C18H17Cl2N5O3. The minimum Gasteiger partial charge on any atom is -0.492 e. The molecule has 0 unspecified atom stereocenters. The van der Waals surface area contributed by atoms with Gasteiger partial charge in [0.1, 0.15) is 11.3 Å². The van der Waals surface area contributed by atoms with Crippen LogP contribution in [0.2, 0.25) is 10.0 Å². The van der Waals surface area contributed by atoms with E-state index in [0.717, 1.165) is 0 Å². The number of hydrogen-bond donors (Lipinski definition) is 2. The molecule has 2 amide bonds. The van der Waals surface area contributed by atoms with Gasteiger partial charge in [0, 0.05) is 23.8 Å². The lowest BCUT2D eigenvalue weighted by Crippen LogP contribution is -2.41. The monoisotopic (exact) mass is 421 g/mol. The zero-order valence-electron chi connectivity index (χ0n) is 14.9. The van der Waals surface area contributed by atoms with Crippen LogP contribution in [0.4, 0.5) is 0 Å². The Bertz CT molecular complexity index is 1020. The summed E-state index contributed by atoms with van der Waals surface area (Å²) in [6.45, 7) is 1.99. The van der Waals surface area contributed by atoms with Crippen LogP contribution in [0.3, 0.4) is 0 Å². The van der Waals surface area contributed by atoms with Crippen molar-refractivity contribution in [2.24, 2.45) is 0 Å². The highest BCUT2D eigenvalue weighted by molar-refractivity contribution is 6.35. The summed E-state index contributed by atoms with van der Waals surface area (Å²) < 4.78 is 7.02. The van der Waals surface area contributed by atoms with E-state index in [9.17, 15) is 9.59 Å². The molecule has 2 N–H and O–H groups in total. The molecule has 2 aromatic heterocycles. The number of rotatable bonds is 6. The molecule has 0 aliphatic carbocycles. The molecule has 0 aliphatic heterocycles. The lowest BCUT2D eigenvalue weighted by atomic mass is 10.2. The summed E-state index contributed by atoms with van der Waals surface area (Å²) >= 11 is 11.8. The third-order valence-corrected chi connectivity index (χ3v) is 4.34. The molecule has 2 heterocycles. The summed E-state index contributed by atoms with van der Waals surface area (Å²) in [6.07, 6.45) is 3.87. The first-order valence-electron chi connectivity index (χ1n) is 8.42. The standard InChI is InChI=1S/C18H17Cl2N5O3/c1-11-16(17-21-7-3-8-25(17)24-11)18(27)23-22-15(26)4-2-9-28-14-6-5-12(19)10-13(14)20/h3,5-8,10H,2,4,9H2,1H3,(H,22,26)(H,23,27). The van der Waals surface area contributed by atoms with Gasteiger partial charge in [0.25, 0.3) is 5.91 Å². The van der Waals surface area contributed by atoms with E-state index in [0.29, 0.717) is 45.7 Å². The maximum atomic E-state index is 12.4. The number of halogens is 2. The molecule has 8 nitrogen and oxygen atoms in total. The summed E-state index contributed by atoms with van der Waals surface area (Å²) in [5.41, 5.74) is 6.00. The fourth-order valence-corrected chi connectivity index (χ4v) is 2.98. The maximum absolute atomic E-state index is 12.4. The van der Waals surface area contributed by atoms with Gasteiger partial charge in [-0.25, -0.2) is 9.50 Å². The SMILES string of the molecule is Cc1nn2cccnc2c1C(=O)NNC(=O)CCCOc1ccc(Cl)cc1Cl. The van der Waals surface area contributed by atoms with Crippen molar-refractivity contribution in [3.63, 3.8) is 0 Å². The minimum absolute atomic E-state index is 0.164. The summed E-state index contributed by atoms with van der Waals surface area (Å²) in [7, 11) is 0. The quantitative estimate of drug-likeness (QED) is 0.470. The largest absolute Gasteiger partial charge is 0.492 e. The molecule has 146 valence electrons. The summed E-state index contributed by atoms with van der Waals surface area (Å²) in [5.74, 6) is -0.333. The van der Waals surface area contributed by atoms with Gasteiger partial charge in [0.05, 0.1) is 17.3 Å². The zero-order valence-corrected chi connectivity index (χ0v) is 16.4. The number of nitrogens with zero attached hydrogens (tertiary/aromatic N) is 3. The van der Waals surface area contributed by atoms with E-state index in [1.165, 1.54) is 4.52 Å². The molecule has 0 spiro atoms. The Morgan fingerprint density at radius 2 is 2.07 bits per heavy atom. The Balaban J connectivity index is 1.45. The molecule has 3 rings (SSSR count). The van der Waals surface area contributed by atoms with Gasteiger partial charge in [-0.1, -0.05) is 23.2 Å². The highest BCUT2D eigenvalue weighted by Gasteiger charge is 2.18. The Morgan fingerprint density at radius 3 is 2.86 bits per heavy atom. The number of carbonyl (C=O) groups excluding carboxylic acids is 2. The van der Waals surface area contributed by atoms with E-state index in [-0.39, 0.29) is 12.3 Å². The first-order chi connectivity index (χ1) is 13.5. The van der Waals surface area contributed by atoms with Crippen molar-refractivity contribution in [1.29, 1.82) is 0 Å². The summed E-state index contributed by atoms with van der Waals surface area (Å²) in [6, 6.07) is 6.62. The molecular weight excluding hydrogens is 405 g/mol. The Hall–Kier alpha value is -2.84. The topological polar surface area (TPSA) is 97.6 Å². The molecule has 0 radical (unpaired) electrons. The Morgan fingerprint density at radius 1 is 1.25 bits per heavy atom. The molecule has 0 saturated carbocycles. The van der Waals surface area contributed by atoms with Crippen LogP contribution in [-0.2, 0) is 4.79 Å². The third kappa shape index (κ3) is 4.71. The van der Waals surface area contributed by atoms with Gasteiger partial charge < -0.3 is 4.74 Å². The first-order valence-corrected chi connectivity index (χ1v) is 9.18. The average molecular weight is 422 g/mol. The first kappa shape index (κ1) is 19.9. The highest BCUT2D eigenvalue weighted by atomic mass is 35.5. The number of carbonyl (C=O) groups is 2. The van der Waals surface area contributed by atoms with Crippen molar-refractivity contribution < 1.29 is 14.3 Å². The van der Waals surface area contributed by atoms with E-state index >= 15 is 0 Å². The number of aromatic nitrogens is 3. The van der Waals surface area contributed by atoms with Crippen LogP contribution in [0, 0.1) is 6.92 Å². The van der Waals surface area contributed by atoms with Crippen LogP contribution < -0.4 is 15.6 Å². The zero-order chi connectivity index (χ0) is 20.1. The van der Waals surface area contributed by atoms with Crippen LogP contribution in [0.5, 0.6) is 5.75 Å². The van der Waals surface area contributed by atoms with Gasteiger partial charge in [0.15, 0.2) is 5.65 Å². The van der Waals surface area contributed by atoms with Crippen LogP contribution in [0.15, 0.2) is 36.7 Å². The predicted molar refractivity (Wildman–Crippen MR) is 105 cm³/mol. The maximum Gasteiger partial charge on any atom is 0.275 e. The van der Waals surface area contributed by atoms with Crippen LogP contribution >= 0.6 is 23.2 Å². The normalized spacial score (nSPS) is 10.7. The van der Waals surface area contributed by atoms with Crippen molar-refractivity contribution in [1.82, 2.24) is 25.4 Å². The van der Waals surface area contributed by atoms with Gasteiger partial charge in [-0.2, -0.15) is 5.10 Å². The average Bonchev–Trinajstić information content (AvgIpc) is 3.00. The number of hydrazine groups is 1. The van der Waals surface area contributed by atoms with E-state index in [2.05, 4.69) is 20.9 Å². The van der Waals surface area contributed by atoms with Crippen molar-refractivity contribution in [3.05, 3.63) is 58.0 Å². The Labute approximate surface area is 170 Å². The van der Waals surface area contributed by atoms with Gasteiger partial charge in [-0.15, -0.1) is 0 Å². The number of fused-ring (bicyclic) bond motifs is 1. The van der Waals surface area contributed by atoms with Crippen LogP contribution in [-0.4, -0.2) is 33.0 Å². The lowest BCUT2D eigenvalue weighted by molar-refractivity contribution is -0.122.